The largest absolute Gasteiger partial charge is 0.494 e. The van der Waals surface area contributed by atoms with Crippen LogP contribution in [0.2, 0.25) is 0 Å². The molecule has 7 nitrogen and oxygen atoms in total. The summed E-state index contributed by atoms with van der Waals surface area (Å²) in [6, 6.07) is 18.0. The molecule has 1 amide bonds. The lowest BCUT2D eigenvalue weighted by molar-refractivity contribution is -0.133. The molecule has 0 atom stereocenters. The van der Waals surface area contributed by atoms with E-state index in [4.69, 9.17) is 4.74 Å². The molecule has 1 aliphatic carbocycles. The van der Waals surface area contributed by atoms with Gasteiger partial charge in [0.05, 0.1) is 12.1 Å². The van der Waals surface area contributed by atoms with Crippen LogP contribution in [0.1, 0.15) is 30.9 Å². The third kappa shape index (κ3) is 3.58. The first-order valence-electron chi connectivity index (χ1n) is 10.3. The molecule has 0 N–H and O–H groups in total. The number of nitrogens with zero attached hydrogens (tertiary/aromatic N) is 5. The Balaban J connectivity index is 1.55. The minimum Gasteiger partial charge on any atom is -0.494 e. The molecule has 30 heavy (non-hydrogen) atoms. The van der Waals surface area contributed by atoms with Gasteiger partial charge in [0.15, 0.2) is 5.65 Å². The van der Waals surface area contributed by atoms with E-state index in [1.54, 1.807) is 4.52 Å². The minimum atomic E-state index is 0.144. The minimum absolute atomic E-state index is 0.144. The molecule has 7 heteroatoms. The molecule has 152 valence electrons. The molecule has 0 unspecified atom stereocenters. The first kappa shape index (κ1) is 18.5. The van der Waals surface area contributed by atoms with E-state index in [1.165, 1.54) is 0 Å². The lowest BCUT2D eigenvalue weighted by Gasteiger charge is -2.23. The predicted octanol–water partition coefficient (Wildman–Crippen LogP) is 3.62. The number of aromatic nitrogens is 4. The summed E-state index contributed by atoms with van der Waals surface area (Å²) >= 11 is 0. The Morgan fingerprint density at radius 3 is 2.73 bits per heavy atom. The van der Waals surface area contributed by atoms with E-state index in [-0.39, 0.29) is 11.8 Å². The van der Waals surface area contributed by atoms with Gasteiger partial charge in [-0.2, -0.15) is 4.52 Å². The van der Waals surface area contributed by atoms with Crippen molar-refractivity contribution in [3.8, 4) is 5.75 Å². The average Bonchev–Trinajstić information content (AvgIpc) is 3.49. The number of amides is 1. The third-order valence-electron chi connectivity index (χ3n) is 5.44. The van der Waals surface area contributed by atoms with Crippen LogP contribution in [0.25, 0.3) is 16.6 Å². The molecule has 0 saturated heterocycles. The second-order valence-electron chi connectivity index (χ2n) is 7.69. The van der Waals surface area contributed by atoms with E-state index in [2.05, 4.69) is 33.7 Å². The molecule has 0 radical (unpaired) electrons. The van der Waals surface area contributed by atoms with Crippen molar-refractivity contribution in [3.05, 3.63) is 65.7 Å². The number of hydrogen-bond donors (Lipinski definition) is 0. The number of benzene rings is 2. The van der Waals surface area contributed by atoms with Gasteiger partial charge in [-0.3, -0.25) is 4.79 Å². The molecule has 5 rings (SSSR count). The van der Waals surface area contributed by atoms with Crippen molar-refractivity contribution in [2.24, 2.45) is 5.92 Å². The van der Waals surface area contributed by atoms with Crippen LogP contribution in [-0.4, -0.2) is 37.5 Å². The van der Waals surface area contributed by atoms with Crippen molar-refractivity contribution in [3.63, 3.8) is 0 Å². The van der Waals surface area contributed by atoms with Crippen molar-refractivity contribution in [1.82, 2.24) is 24.9 Å². The van der Waals surface area contributed by atoms with Crippen LogP contribution in [0.5, 0.6) is 5.75 Å². The molecule has 1 saturated carbocycles. The number of hydrogen-bond acceptors (Lipinski definition) is 5. The smallest absolute Gasteiger partial charge is 0.226 e. The van der Waals surface area contributed by atoms with Gasteiger partial charge in [0.2, 0.25) is 5.91 Å². The number of fused-ring (bicyclic) bond motifs is 3. The highest BCUT2D eigenvalue weighted by Crippen LogP contribution is 2.33. The Morgan fingerprint density at radius 1 is 1.13 bits per heavy atom. The Morgan fingerprint density at radius 2 is 1.97 bits per heavy atom. The number of ether oxygens (including phenoxy) is 1. The molecule has 4 aromatic rings. The third-order valence-corrected chi connectivity index (χ3v) is 5.44. The second kappa shape index (κ2) is 7.74. The van der Waals surface area contributed by atoms with Gasteiger partial charge >= 0.3 is 0 Å². The normalized spacial score (nSPS) is 13.6. The van der Waals surface area contributed by atoms with Crippen molar-refractivity contribution in [2.45, 2.75) is 32.9 Å². The van der Waals surface area contributed by atoms with Gasteiger partial charge < -0.3 is 9.64 Å². The molecule has 2 aromatic heterocycles. The van der Waals surface area contributed by atoms with Crippen molar-refractivity contribution in [2.75, 3.05) is 6.61 Å². The van der Waals surface area contributed by atoms with Crippen LogP contribution >= 0.6 is 0 Å². The molecule has 0 spiro atoms. The van der Waals surface area contributed by atoms with Crippen molar-refractivity contribution < 1.29 is 9.53 Å². The lowest BCUT2D eigenvalue weighted by Crippen LogP contribution is -2.31. The van der Waals surface area contributed by atoms with Crippen molar-refractivity contribution in [1.29, 1.82) is 0 Å². The van der Waals surface area contributed by atoms with Crippen LogP contribution in [0.4, 0.5) is 0 Å². The average molecular weight is 401 g/mol. The van der Waals surface area contributed by atoms with Gasteiger partial charge in [-0.05, 0) is 60.0 Å². The topological polar surface area (TPSA) is 72.6 Å². The van der Waals surface area contributed by atoms with E-state index in [0.29, 0.717) is 25.3 Å². The lowest BCUT2D eigenvalue weighted by atomic mass is 10.1. The molecule has 2 heterocycles. The van der Waals surface area contributed by atoms with Crippen LogP contribution in [0, 0.1) is 5.92 Å². The molecule has 1 fully saturated rings. The Hall–Kier alpha value is -3.48. The Labute approximate surface area is 174 Å². The zero-order valence-electron chi connectivity index (χ0n) is 16.9. The summed E-state index contributed by atoms with van der Waals surface area (Å²) in [7, 11) is 0. The number of pyridine rings is 1. The fourth-order valence-electron chi connectivity index (χ4n) is 3.83. The zero-order valence-corrected chi connectivity index (χ0v) is 16.9. The molecule has 0 bridgehead atoms. The van der Waals surface area contributed by atoms with Crippen molar-refractivity contribution >= 4 is 22.5 Å². The maximum atomic E-state index is 13.0. The monoisotopic (exact) mass is 401 g/mol. The number of carbonyl (C=O) groups excluding carboxylic acids is 1. The first-order valence-corrected chi connectivity index (χ1v) is 10.3. The quantitative estimate of drug-likeness (QED) is 0.473. The summed E-state index contributed by atoms with van der Waals surface area (Å²) in [4.78, 5) is 15.0. The maximum absolute atomic E-state index is 13.0. The molecular weight excluding hydrogens is 378 g/mol. The van der Waals surface area contributed by atoms with Crippen LogP contribution < -0.4 is 4.74 Å². The number of carbonyl (C=O) groups is 1. The van der Waals surface area contributed by atoms with Gasteiger partial charge in [0.1, 0.15) is 5.75 Å². The Kier molecular flexibility index (Phi) is 4.78. The van der Waals surface area contributed by atoms with Gasteiger partial charge in [-0.1, -0.05) is 30.3 Å². The van der Waals surface area contributed by atoms with E-state index >= 15 is 0 Å². The number of rotatable bonds is 7. The molecule has 1 aliphatic rings. The van der Waals surface area contributed by atoms with Gasteiger partial charge in [0.25, 0.3) is 0 Å². The summed E-state index contributed by atoms with van der Waals surface area (Å²) in [5.41, 5.74) is 3.62. The van der Waals surface area contributed by atoms with E-state index in [0.717, 1.165) is 40.6 Å². The standard InChI is InChI=1S/C23H23N5O2/c1-2-30-20-10-11-21-18(13-20)12-19(22-24-25-26-28(21)22)15-27(23(29)17-8-9-17)14-16-6-4-3-5-7-16/h3-7,10-13,17H,2,8-9,14-15H2,1H3. The first-order chi connectivity index (χ1) is 14.7. The highest BCUT2D eigenvalue weighted by atomic mass is 16.5. The Bertz CT molecular complexity index is 1200. The highest BCUT2D eigenvalue weighted by molar-refractivity contribution is 5.85. The second-order valence-corrected chi connectivity index (χ2v) is 7.69. The van der Waals surface area contributed by atoms with E-state index in [1.807, 2.05) is 48.2 Å². The van der Waals surface area contributed by atoms with Crippen LogP contribution in [0.3, 0.4) is 0 Å². The molecular formula is C23H23N5O2. The summed E-state index contributed by atoms with van der Waals surface area (Å²) in [5, 5.41) is 13.3. The summed E-state index contributed by atoms with van der Waals surface area (Å²) in [6.45, 7) is 3.60. The molecule has 0 aliphatic heterocycles. The van der Waals surface area contributed by atoms with Gasteiger partial charge in [-0.15, -0.1) is 5.10 Å². The molecule has 2 aromatic carbocycles. The summed E-state index contributed by atoms with van der Waals surface area (Å²) in [6.07, 6.45) is 1.95. The summed E-state index contributed by atoms with van der Waals surface area (Å²) < 4.78 is 7.40. The summed E-state index contributed by atoms with van der Waals surface area (Å²) in [5.74, 6) is 1.15. The maximum Gasteiger partial charge on any atom is 0.226 e. The van der Waals surface area contributed by atoms with E-state index in [9.17, 15) is 4.79 Å². The number of tetrazole rings is 1. The zero-order chi connectivity index (χ0) is 20.5. The van der Waals surface area contributed by atoms with E-state index < -0.39 is 0 Å². The van der Waals surface area contributed by atoms with Gasteiger partial charge in [-0.25, -0.2) is 0 Å². The van der Waals surface area contributed by atoms with Crippen LogP contribution in [0.15, 0.2) is 54.6 Å². The highest BCUT2D eigenvalue weighted by Gasteiger charge is 2.33. The predicted molar refractivity (Wildman–Crippen MR) is 113 cm³/mol. The fraction of sp³-hybridized carbons (Fsp3) is 0.304. The van der Waals surface area contributed by atoms with Crippen LogP contribution in [-0.2, 0) is 17.9 Å². The van der Waals surface area contributed by atoms with Gasteiger partial charge in [0, 0.05) is 30.0 Å². The fourth-order valence-corrected chi connectivity index (χ4v) is 3.83. The SMILES string of the molecule is CCOc1ccc2c(c1)cc(CN(Cc1ccccc1)C(=O)C1CC1)c1nnnn12.